The van der Waals surface area contributed by atoms with Crippen molar-refractivity contribution in [3.05, 3.63) is 70.3 Å². The van der Waals surface area contributed by atoms with Crippen LogP contribution in [0.2, 0.25) is 0 Å². The van der Waals surface area contributed by atoms with Crippen LogP contribution in [0.1, 0.15) is 31.9 Å². The molecule has 0 bridgehead atoms. The second kappa shape index (κ2) is 9.01. The number of carbonyl (C=O) groups is 1. The molecule has 3 aromatic rings. The van der Waals surface area contributed by atoms with Crippen LogP contribution in [0.3, 0.4) is 0 Å². The second-order valence-electron chi connectivity index (χ2n) is 6.50. The van der Waals surface area contributed by atoms with Crippen LogP contribution in [0, 0.1) is 5.82 Å². The van der Waals surface area contributed by atoms with Gasteiger partial charge in [0.05, 0.1) is 22.7 Å². The Morgan fingerprint density at radius 1 is 1.21 bits per heavy atom. The molecule has 0 fully saturated rings. The number of thioether (sulfide) groups is 1. The summed E-state index contributed by atoms with van der Waals surface area (Å²) in [4.78, 5) is 29.7. The monoisotopic (exact) mass is 399 g/mol. The first-order chi connectivity index (χ1) is 13.5. The number of nitrogens with one attached hydrogen (secondary N) is 1. The maximum absolute atomic E-state index is 13.0. The predicted octanol–water partition coefficient (Wildman–Crippen LogP) is 3.92. The van der Waals surface area contributed by atoms with Crippen molar-refractivity contribution in [2.45, 2.75) is 38.0 Å². The molecule has 0 aliphatic heterocycles. The molecule has 1 heterocycles. The fraction of sp³-hybridized carbons (Fsp3) is 0.286. The smallest absolute Gasteiger partial charge is 0.262 e. The van der Waals surface area contributed by atoms with Gasteiger partial charge in [-0.25, -0.2) is 9.37 Å². The van der Waals surface area contributed by atoms with Gasteiger partial charge in [-0.05, 0) is 43.2 Å². The Hall–Kier alpha value is -2.67. The van der Waals surface area contributed by atoms with Crippen molar-refractivity contribution >= 4 is 28.6 Å². The van der Waals surface area contributed by atoms with Gasteiger partial charge in [0.25, 0.3) is 5.56 Å². The standard InChI is InChI=1S/C21H22FN3O2S/c1-3-12-25-20(27)17-6-4-5-7-18(17)24-21(25)28-13-19(26)23-14(2)15-8-10-16(22)11-9-15/h4-11,14H,3,12-13H2,1-2H3,(H,23,26). The minimum absolute atomic E-state index is 0.0879. The third-order valence-corrected chi connectivity index (χ3v) is 5.33. The van der Waals surface area contributed by atoms with Gasteiger partial charge in [-0.3, -0.25) is 14.2 Å². The van der Waals surface area contributed by atoms with Crippen LogP contribution >= 0.6 is 11.8 Å². The van der Waals surface area contributed by atoms with Gasteiger partial charge in [0.1, 0.15) is 5.82 Å². The second-order valence-corrected chi connectivity index (χ2v) is 7.44. The van der Waals surface area contributed by atoms with E-state index in [0.29, 0.717) is 22.6 Å². The summed E-state index contributed by atoms with van der Waals surface area (Å²) in [5.74, 6) is -0.346. The molecule has 1 N–H and O–H groups in total. The highest BCUT2D eigenvalue weighted by atomic mass is 32.2. The number of benzene rings is 2. The molecule has 0 spiro atoms. The molecular weight excluding hydrogens is 377 g/mol. The summed E-state index contributed by atoms with van der Waals surface area (Å²) in [6.07, 6.45) is 0.793. The lowest BCUT2D eigenvalue weighted by molar-refractivity contribution is -0.119. The average Bonchev–Trinajstić information content (AvgIpc) is 2.69. The van der Waals surface area contributed by atoms with Crippen molar-refractivity contribution in [3.8, 4) is 0 Å². The molecule has 0 aliphatic carbocycles. The van der Waals surface area contributed by atoms with Crippen molar-refractivity contribution in [3.63, 3.8) is 0 Å². The van der Waals surface area contributed by atoms with Crippen LogP contribution < -0.4 is 10.9 Å². The number of amides is 1. The molecule has 3 rings (SSSR count). The first-order valence-corrected chi connectivity index (χ1v) is 10.2. The molecule has 5 nitrogen and oxygen atoms in total. The third kappa shape index (κ3) is 4.59. The summed E-state index contributed by atoms with van der Waals surface area (Å²) in [7, 11) is 0. The van der Waals surface area contributed by atoms with E-state index in [1.807, 2.05) is 26.0 Å². The van der Waals surface area contributed by atoms with Gasteiger partial charge in [0.15, 0.2) is 5.16 Å². The lowest BCUT2D eigenvalue weighted by Gasteiger charge is -2.15. The predicted molar refractivity (Wildman–Crippen MR) is 110 cm³/mol. The Bertz CT molecular complexity index is 1030. The topological polar surface area (TPSA) is 64.0 Å². The Morgan fingerprint density at radius 2 is 1.93 bits per heavy atom. The number of carbonyl (C=O) groups excluding carboxylic acids is 1. The van der Waals surface area contributed by atoms with E-state index >= 15 is 0 Å². The third-order valence-electron chi connectivity index (χ3n) is 4.35. The molecule has 0 radical (unpaired) electrons. The van der Waals surface area contributed by atoms with Gasteiger partial charge in [-0.1, -0.05) is 43.0 Å². The summed E-state index contributed by atoms with van der Waals surface area (Å²) >= 11 is 1.24. The highest BCUT2D eigenvalue weighted by Crippen LogP contribution is 2.19. The van der Waals surface area contributed by atoms with Crippen LogP contribution in [-0.4, -0.2) is 21.2 Å². The fourth-order valence-corrected chi connectivity index (χ4v) is 3.76. The van der Waals surface area contributed by atoms with Crippen LogP contribution in [0.25, 0.3) is 10.9 Å². The van der Waals surface area contributed by atoms with Gasteiger partial charge in [-0.2, -0.15) is 0 Å². The maximum Gasteiger partial charge on any atom is 0.262 e. The fourth-order valence-electron chi connectivity index (χ4n) is 2.93. The summed E-state index contributed by atoms with van der Waals surface area (Å²) < 4.78 is 14.7. The molecule has 1 aromatic heterocycles. The summed E-state index contributed by atoms with van der Waals surface area (Å²) in [5.41, 5.74) is 1.36. The lowest BCUT2D eigenvalue weighted by atomic mass is 10.1. The number of fused-ring (bicyclic) bond motifs is 1. The van der Waals surface area contributed by atoms with E-state index in [1.54, 1.807) is 28.8 Å². The quantitative estimate of drug-likeness (QED) is 0.483. The Labute approximate surface area is 167 Å². The largest absolute Gasteiger partial charge is 0.349 e. The number of hydrogen-bond acceptors (Lipinski definition) is 4. The van der Waals surface area contributed by atoms with E-state index in [4.69, 9.17) is 0 Å². The molecule has 2 aromatic carbocycles. The van der Waals surface area contributed by atoms with Crippen LogP contribution in [0.5, 0.6) is 0 Å². The zero-order valence-electron chi connectivity index (χ0n) is 15.8. The number of hydrogen-bond donors (Lipinski definition) is 1. The summed E-state index contributed by atoms with van der Waals surface area (Å²) in [6.45, 7) is 4.39. The van der Waals surface area contributed by atoms with E-state index in [9.17, 15) is 14.0 Å². The van der Waals surface area contributed by atoms with Crippen molar-refractivity contribution in [2.75, 3.05) is 5.75 Å². The molecule has 7 heteroatoms. The van der Waals surface area contributed by atoms with E-state index in [2.05, 4.69) is 10.3 Å². The normalized spacial score (nSPS) is 12.1. The van der Waals surface area contributed by atoms with Crippen molar-refractivity contribution in [2.24, 2.45) is 0 Å². The molecule has 1 unspecified atom stereocenters. The highest BCUT2D eigenvalue weighted by Gasteiger charge is 2.14. The number of para-hydroxylation sites is 1. The van der Waals surface area contributed by atoms with Gasteiger partial charge >= 0.3 is 0 Å². The molecule has 1 amide bonds. The van der Waals surface area contributed by atoms with Crippen molar-refractivity contribution in [1.82, 2.24) is 14.9 Å². The van der Waals surface area contributed by atoms with E-state index in [1.165, 1.54) is 23.9 Å². The zero-order chi connectivity index (χ0) is 20.1. The molecule has 146 valence electrons. The van der Waals surface area contributed by atoms with Crippen LogP contribution in [0.15, 0.2) is 58.5 Å². The number of halogens is 1. The molecule has 1 atom stereocenters. The van der Waals surface area contributed by atoms with Crippen LogP contribution in [0.4, 0.5) is 4.39 Å². The molecule has 0 saturated heterocycles. The first kappa shape index (κ1) is 20.1. The Balaban J connectivity index is 1.73. The number of rotatable bonds is 7. The minimum Gasteiger partial charge on any atom is -0.349 e. The van der Waals surface area contributed by atoms with E-state index in [-0.39, 0.29) is 29.1 Å². The summed E-state index contributed by atoms with van der Waals surface area (Å²) in [5, 5.41) is 4.01. The number of nitrogens with zero attached hydrogens (tertiary/aromatic N) is 2. The van der Waals surface area contributed by atoms with Gasteiger partial charge in [0, 0.05) is 6.54 Å². The van der Waals surface area contributed by atoms with Crippen molar-refractivity contribution in [1.29, 1.82) is 0 Å². The zero-order valence-corrected chi connectivity index (χ0v) is 16.6. The average molecular weight is 399 g/mol. The van der Waals surface area contributed by atoms with E-state index in [0.717, 1.165) is 12.0 Å². The van der Waals surface area contributed by atoms with Gasteiger partial charge in [-0.15, -0.1) is 0 Å². The maximum atomic E-state index is 13.0. The molecule has 0 saturated carbocycles. The van der Waals surface area contributed by atoms with E-state index < -0.39 is 0 Å². The first-order valence-electron chi connectivity index (χ1n) is 9.16. The molecular formula is C21H22FN3O2S. The Morgan fingerprint density at radius 3 is 2.64 bits per heavy atom. The SMILES string of the molecule is CCCn1c(SCC(=O)NC(C)c2ccc(F)cc2)nc2ccccc2c1=O. The Kier molecular flexibility index (Phi) is 6.46. The van der Waals surface area contributed by atoms with Crippen molar-refractivity contribution < 1.29 is 9.18 Å². The highest BCUT2D eigenvalue weighted by molar-refractivity contribution is 7.99. The minimum atomic E-state index is -0.311. The number of aromatic nitrogens is 2. The molecule has 0 aliphatic rings. The van der Waals surface area contributed by atoms with Gasteiger partial charge < -0.3 is 5.32 Å². The van der Waals surface area contributed by atoms with Gasteiger partial charge in [0.2, 0.25) is 5.91 Å². The lowest BCUT2D eigenvalue weighted by Crippen LogP contribution is -2.29. The summed E-state index contributed by atoms with van der Waals surface area (Å²) in [6, 6.07) is 13.0. The van der Waals surface area contributed by atoms with Crippen LogP contribution in [-0.2, 0) is 11.3 Å². The molecule has 28 heavy (non-hydrogen) atoms.